The maximum atomic E-state index is 12.2. The van der Waals surface area contributed by atoms with Crippen LogP contribution in [-0.4, -0.2) is 32.7 Å². The van der Waals surface area contributed by atoms with Crippen molar-refractivity contribution in [2.24, 2.45) is 0 Å². The van der Waals surface area contributed by atoms with Crippen molar-refractivity contribution in [3.63, 3.8) is 0 Å². The van der Waals surface area contributed by atoms with Gasteiger partial charge in [-0.2, -0.15) is 0 Å². The van der Waals surface area contributed by atoms with E-state index < -0.39 is 15.9 Å². The molecule has 1 N–H and O–H groups in total. The minimum Gasteiger partial charge on any atom is -0.496 e. The first kappa shape index (κ1) is 24.5. The quantitative estimate of drug-likeness (QED) is 0.483. The fraction of sp³-hybridized carbons (Fsp3) is 0.250. The van der Waals surface area contributed by atoms with E-state index in [1.807, 2.05) is 29.8 Å². The lowest BCUT2D eigenvalue weighted by Gasteiger charge is -2.14. The van der Waals surface area contributed by atoms with Crippen LogP contribution in [0.5, 0.6) is 17.4 Å². The number of amides is 1. The number of nitrogens with zero attached hydrogens (tertiary/aromatic N) is 1. The molecule has 0 fully saturated rings. The molecular weight excluding hydrogens is 464 g/mol. The van der Waals surface area contributed by atoms with Gasteiger partial charge in [0.1, 0.15) is 11.5 Å². The number of pyridine rings is 1. The van der Waals surface area contributed by atoms with Gasteiger partial charge >= 0.3 is 0 Å². The van der Waals surface area contributed by atoms with Crippen molar-refractivity contribution in [2.45, 2.75) is 26.7 Å². The Morgan fingerprint density at radius 3 is 2.45 bits per heavy atom. The average molecular weight is 489 g/mol. The second-order valence-corrected chi connectivity index (χ2v) is 10.1. The van der Waals surface area contributed by atoms with Crippen LogP contribution >= 0.6 is 11.6 Å². The van der Waals surface area contributed by atoms with E-state index >= 15 is 0 Å². The lowest BCUT2D eigenvalue weighted by atomic mass is 10.0. The van der Waals surface area contributed by atoms with Crippen LogP contribution in [0.2, 0.25) is 5.02 Å². The molecule has 3 aromatic rings. The van der Waals surface area contributed by atoms with Crippen LogP contribution in [-0.2, 0) is 10.0 Å². The summed E-state index contributed by atoms with van der Waals surface area (Å²) in [7, 11) is -2.20. The summed E-state index contributed by atoms with van der Waals surface area (Å²) in [6, 6.07) is 12.2. The van der Waals surface area contributed by atoms with E-state index in [1.54, 1.807) is 18.3 Å². The summed E-state index contributed by atoms with van der Waals surface area (Å²) in [6.45, 7) is 6.04. The van der Waals surface area contributed by atoms with E-state index in [9.17, 15) is 13.2 Å². The molecule has 1 aromatic heterocycles. The van der Waals surface area contributed by atoms with Crippen molar-refractivity contribution in [1.29, 1.82) is 0 Å². The van der Waals surface area contributed by atoms with Gasteiger partial charge in [0.05, 0.1) is 13.4 Å². The van der Waals surface area contributed by atoms with Crippen molar-refractivity contribution >= 4 is 27.5 Å². The Bertz CT molecular complexity index is 1310. The van der Waals surface area contributed by atoms with Gasteiger partial charge in [-0.15, -0.1) is 0 Å². The largest absolute Gasteiger partial charge is 0.496 e. The number of carbonyl (C=O) groups is 1. The molecule has 0 saturated carbocycles. The van der Waals surface area contributed by atoms with Crippen LogP contribution < -0.4 is 14.2 Å². The molecule has 0 bridgehead atoms. The number of methoxy groups -OCH3 is 1. The summed E-state index contributed by atoms with van der Waals surface area (Å²) < 4.78 is 36.0. The second kappa shape index (κ2) is 9.80. The van der Waals surface area contributed by atoms with E-state index in [-0.39, 0.29) is 5.56 Å². The third kappa shape index (κ3) is 6.24. The van der Waals surface area contributed by atoms with Gasteiger partial charge in [0.2, 0.25) is 15.9 Å². The third-order valence-electron chi connectivity index (χ3n) is 4.86. The molecule has 0 saturated heterocycles. The minimum absolute atomic E-state index is 0.160. The fourth-order valence-electron chi connectivity index (χ4n) is 3.20. The lowest BCUT2D eigenvalue weighted by molar-refractivity contribution is 0.0981. The molecule has 2 aromatic carbocycles. The highest BCUT2D eigenvalue weighted by Crippen LogP contribution is 2.34. The summed E-state index contributed by atoms with van der Waals surface area (Å²) in [4.78, 5) is 16.6. The average Bonchev–Trinajstić information content (AvgIpc) is 2.73. The molecule has 0 atom stereocenters. The number of sulfonamides is 1. The highest BCUT2D eigenvalue weighted by molar-refractivity contribution is 7.89. The zero-order chi connectivity index (χ0) is 24.3. The zero-order valence-corrected chi connectivity index (χ0v) is 20.5. The number of carbonyl (C=O) groups excluding carboxylic acids is 1. The molecule has 0 aliphatic carbocycles. The number of nitrogens with one attached hydrogen (secondary N) is 1. The Labute approximate surface area is 198 Å². The molecule has 1 amide bonds. The van der Waals surface area contributed by atoms with Gasteiger partial charge in [-0.25, -0.2) is 18.1 Å². The highest BCUT2D eigenvalue weighted by Gasteiger charge is 2.16. The summed E-state index contributed by atoms with van der Waals surface area (Å²) in [5, 5.41) is 0.593. The van der Waals surface area contributed by atoms with E-state index in [4.69, 9.17) is 21.1 Å². The van der Waals surface area contributed by atoms with Crippen LogP contribution in [0, 0.1) is 6.92 Å². The van der Waals surface area contributed by atoms with Crippen molar-refractivity contribution in [3.05, 3.63) is 70.4 Å². The Balaban J connectivity index is 1.90. The molecular formula is C24H25ClN2O5S. The smallest absolute Gasteiger partial charge is 0.264 e. The first-order chi connectivity index (χ1) is 15.5. The Morgan fingerprint density at radius 1 is 1.12 bits per heavy atom. The minimum atomic E-state index is -3.67. The van der Waals surface area contributed by atoms with Crippen molar-refractivity contribution < 1.29 is 22.7 Å². The SMILES string of the molecule is COc1cc(C(=O)NS(C)(=O)=O)ccc1-c1cnc(Oc2cc(Cl)cc(C(C)C)c2)c(C)c1. The lowest BCUT2D eigenvalue weighted by Crippen LogP contribution is -2.29. The molecule has 174 valence electrons. The summed E-state index contributed by atoms with van der Waals surface area (Å²) >= 11 is 6.23. The summed E-state index contributed by atoms with van der Waals surface area (Å²) in [5.41, 5.74) is 3.46. The number of ether oxygens (including phenoxy) is 2. The molecule has 0 aliphatic heterocycles. The molecule has 0 aliphatic rings. The number of aromatic nitrogens is 1. The van der Waals surface area contributed by atoms with Crippen LogP contribution in [0.3, 0.4) is 0 Å². The Hall–Kier alpha value is -3.10. The number of aryl methyl sites for hydroxylation is 1. The topological polar surface area (TPSA) is 94.6 Å². The predicted molar refractivity (Wildman–Crippen MR) is 129 cm³/mol. The Kier molecular flexibility index (Phi) is 7.29. The first-order valence-corrected chi connectivity index (χ1v) is 12.4. The van der Waals surface area contributed by atoms with E-state index in [0.29, 0.717) is 33.9 Å². The van der Waals surface area contributed by atoms with Crippen molar-refractivity contribution in [3.8, 4) is 28.5 Å². The number of benzene rings is 2. The molecule has 7 nitrogen and oxygen atoms in total. The molecule has 33 heavy (non-hydrogen) atoms. The van der Waals surface area contributed by atoms with Gasteiger partial charge in [0.25, 0.3) is 5.91 Å². The summed E-state index contributed by atoms with van der Waals surface area (Å²) in [5.74, 6) is 1.02. The van der Waals surface area contributed by atoms with E-state index in [1.165, 1.54) is 19.2 Å². The summed E-state index contributed by atoms with van der Waals surface area (Å²) in [6.07, 6.45) is 2.56. The molecule has 3 rings (SSSR count). The van der Waals surface area contributed by atoms with Gasteiger partial charge in [0, 0.05) is 33.5 Å². The van der Waals surface area contributed by atoms with Crippen LogP contribution in [0.4, 0.5) is 0 Å². The van der Waals surface area contributed by atoms with E-state index in [0.717, 1.165) is 22.9 Å². The van der Waals surface area contributed by atoms with Crippen LogP contribution in [0.15, 0.2) is 48.7 Å². The number of hydrogen-bond acceptors (Lipinski definition) is 6. The standard InChI is InChI=1S/C24H25ClN2O5S/c1-14(2)17-9-19(25)12-20(10-17)32-24-15(3)8-18(13-26-24)21-7-6-16(11-22(21)31-4)23(28)27-33(5,29)30/h6-14H,1-5H3,(H,27,28). The highest BCUT2D eigenvalue weighted by atomic mass is 35.5. The maximum absolute atomic E-state index is 12.2. The van der Waals surface area contributed by atoms with Gasteiger partial charge in [-0.05, 0) is 60.9 Å². The first-order valence-electron chi connectivity index (χ1n) is 10.1. The monoisotopic (exact) mass is 488 g/mol. The van der Waals surface area contributed by atoms with Gasteiger partial charge in [-0.1, -0.05) is 25.4 Å². The molecule has 0 unspecified atom stereocenters. The molecule has 9 heteroatoms. The number of halogens is 1. The third-order valence-corrected chi connectivity index (χ3v) is 5.63. The van der Waals surface area contributed by atoms with Crippen molar-refractivity contribution in [2.75, 3.05) is 13.4 Å². The van der Waals surface area contributed by atoms with Gasteiger partial charge in [-0.3, -0.25) is 4.79 Å². The zero-order valence-electron chi connectivity index (χ0n) is 19.0. The molecule has 1 heterocycles. The number of hydrogen-bond donors (Lipinski definition) is 1. The normalized spacial score (nSPS) is 11.4. The second-order valence-electron chi connectivity index (χ2n) is 7.94. The van der Waals surface area contributed by atoms with Crippen LogP contribution in [0.25, 0.3) is 11.1 Å². The van der Waals surface area contributed by atoms with Crippen molar-refractivity contribution in [1.82, 2.24) is 9.71 Å². The van der Waals surface area contributed by atoms with Crippen LogP contribution in [0.1, 0.15) is 41.3 Å². The van der Waals surface area contributed by atoms with E-state index in [2.05, 4.69) is 18.8 Å². The van der Waals surface area contributed by atoms with Gasteiger partial charge < -0.3 is 9.47 Å². The maximum Gasteiger partial charge on any atom is 0.264 e. The fourth-order valence-corrected chi connectivity index (χ4v) is 3.89. The van der Waals surface area contributed by atoms with Gasteiger partial charge in [0.15, 0.2) is 0 Å². The predicted octanol–water partition coefficient (Wildman–Crippen LogP) is 5.32. The molecule has 0 spiro atoms. The Morgan fingerprint density at radius 2 is 1.85 bits per heavy atom. The molecule has 0 radical (unpaired) electrons. The number of rotatable bonds is 7.